The summed E-state index contributed by atoms with van der Waals surface area (Å²) in [4.78, 5) is 2.51. The van der Waals surface area contributed by atoms with Crippen molar-refractivity contribution < 1.29 is 4.74 Å². The molecule has 3 unspecified atom stereocenters. The van der Waals surface area contributed by atoms with Gasteiger partial charge in [0, 0.05) is 26.2 Å². The monoisotopic (exact) mass is 228 g/mol. The average Bonchev–Trinajstić information content (AvgIpc) is 2.19. The summed E-state index contributed by atoms with van der Waals surface area (Å²) in [5, 5.41) is 0. The second-order valence-corrected chi connectivity index (χ2v) is 6.15. The summed E-state index contributed by atoms with van der Waals surface area (Å²) in [6.45, 7) is 12.0. The van der Waals surface area contributed by atoms with Crippen LogP contribution in [0.25, 0.3) is 0 Å². The Balaban J connectivity index is 2.66. The standard InChI is InChI=1S/C13H28N2O/c1-10-6-7-15(9-11(10)16-5)12(8-14)13(2,3)4/h10-12H,6-9,14H2,1-5H3. The molecule has 1 heterocycles. The molecular weight excluding hydrogens is 200 g/mol. The minimum Gasteiger partial charge on any atom is -0.380 e. The van der Waals surface area contributed by atoms with Crippen LogP contribution in [0.15, 0.2) is 0 Å². The van der Waals surface area contributed by atoms with Gasteiger partial charge in [0.15, 0.2) is 0 Å². The lowest BCUT2D eigenvalue weighted by molar-refractivity contribution is -0.0347. The SMILES string of the molecule is COC1CN(C(CN)C(C)(C)C)CCC1C. The van der Waals surface area contributed by atoms with Crippen LogP contribution in [-0.4, -0.2) is 43.8 Å². The van der Waals surface area contributed by atoms with Crippen molar-refractivity contribution in [1.29, 1.82) is 0 Å². The van der Waals surface area contributed by atoms with Crippen molar-refractivity contribution in [3.05, 3.63) is 0 Å². The van der Waals surface area contributed by atoms with Crippen LogP contribution in [0.3, 0.4) is 0 Å². The van der Waals surface area contributed by atoms with Crippen LogP contribution in [0.1, 0.15) is 34.1 Å². The van der Waals surface area contributed by atoms with E-state index in [0.717, 1.165) is 19.6 Å². The highest BCUT2D eigenvalue weighted by Crippen LogP contribution is 2.28. The molecule has 0 spiro atoms. The van der Waals surface area contributed by atoms with E-state index in [4.69, 9.17) is 10.5 Å². The lowest BCUT2D eigenvalue weighted by Crippen LogP contribution is -2.55. The number of likely N-dealkylation sites (tertiary alicyclic amines) is 1. The summed E-state index contributed by atoms with van der Waals surface area (Å²) in [7, 11) is 1.82. The van der Waals surface area contributed by atoms with Crippen LogP contribution in [0.4, 0.5) is 0 Å². The minimum atomic E-state index is 0.244. The maximum Gasteiger partial charge on any atom is 0.0724 e. The molecule has 2 N–H and O–H groups in total. The second kappa shape index (κ2) is 5.48. The Morgan fingerprint density at radius 2 is 2.06 bits per heavy atom. The van der Waals surface area contributed by atoms with Gasteiger partial charge in [0.2, 0.25) is 0 Å². The van der Waals surface area contributed by atoms with Gasteiger partial charge in [-0.05, 0) is 24.3 Å². The highest BCUT2D eigenvalue weighted by molar-refractivity contribution is 4.89. The summed E-state index contributed by atoms with van der Waals surface area (Å²) < 4.78 is 5.56. The zero-order valence-electron chi connectivity index (χ0n) is 11.5. The van der Waals surface area contributed by atoms with Crippen molar-refractivity contribution >= 4 is 0 Å². The third kappa shape index (κ3) is 3.19. The summed E-state index contributed by atoms with van der Waals surface area (Å²) in [5.74, 6) is 0.666. The van der Waals surface area contributed by atoms with Crippen LogP contribution in [0.2, 0.25) is 0 Å². The molecular formula is C13H28N2O. The Morgan fingerprint density at radius 3 is 2.50 bits per heavy atom. The Hall–Kier alpha value is -0.120. The summed E-state index contributed by atoms with van der Waals surface area (Å²) >= 11 is 0. The predicted octanol–water partition coefficient (Wildman–Crippen LogP) is 1.72. The van der Waals surface area contributed by atoms with Crippen molar-refractivity contribution in [3.63, 3.8) is 0 Å². The maximum atomic E-state index is 5.93. The number of nitrogens with two attached hydrogens (primary N) is 1. The molecule has 1 aliphatic rings. The lowest BCUT2D eigenvalue weighted by atomic mass is 9.83. The van der Waals surface area contributed by atoms with Gasteiger partial charge in [0.25, 0.3) is 0 Å². The van der Waals surface area contributed by atoms with Crippen molar-refractivity contribution in [2.24, 2.45) is 17.1 Å². The molecule has 0 aliphatic carbocycles. The fraction of sp³-hybridized carbons (Fsp3) is 1.00. The van der Waals surface area contributed by atoms with E-state index >= 15 is 0 Å². The molecule has 0 aromatic carbocycles. The van der Waals surface area contributed by atoms with Gasteiger partial charge in [0.1, 0.15) is 0 Å². The molecule has 0 aromatic rings. The van der Waals surface area contributed by atoms with Crippen molar-refractivity contribution in [2.45, 2.75) is 46.3 Å². The number of nitrogens with zero attached hydrogens (tertiary/aromatic N) is 1. The zero-order chi connectivity index (χ0) is 12.3. The summed E-state index contributed by atoms with van der Waals surface area (Å²) in [6, 6.07) is 0.456. The highest BCUT2D eigenvalue weighted by Gasteiger charge is 2.34. The minimum absolute atomic E-state index is 0.244. The van der Waals surface area contributed by atoms with E-state index in [0.29, 0.717) is 18.1 Å². The molecule has 1 aliphatic heterocycles. The Kier molecular flexibility index (Phi) is 4.77. The molecule has 0 radical (unpaired) electrons. The predicted molar refractivity (Wildman–Crippen MR) is 68.4 cm³/mol. The number of hydrogen-bond acceptors (Lipinski definition) is 3. The fourth-order valence-corrected chi connectivity index (χ4v) is 2.70. The lowest BCUT2D eigenvalue weighted by Gasteiger charge is -2.45. The van der Waals surface area contributed by atoms with Crippen LogP contribution < -0.4 is 5.73 Å². The molecule has 0 saturated carbocycles. The number of methoxy groups -OCH3 is 1. The molecule has 16 heavy (non-hydrogen) atoms. The van der Waals surface area contributed by atoms with Crippen LogP contribution in [-0.2, 0) is 4.74 Å². The van der Waals surface area contributed by atoms with E-state index in [1.807, 2.05) is 7.11 Å². The first kappa shape index (κ1) is 13.9. The number of hydrogen-bond donors (Lipinski definition) is 1. The van der Waals surface area contributed by atoms with Gasteiger partial charge < -0.3 is 10.5 Å². The molecule has 1 rings (SSSR count). The zero-order valence-corrected chi connectivity index (χ0v) is 11.5. The Morgan fingerprint density at radius 1 is 1.44 bits per heavy atom. The van der Waals surface area contributed by atoms with Crippen LogP contribution in [0, 0.1) is 11.3 Å². The Labute approximate surface area is 100 Å². The molecule has 1 fully saturated rings. The quantitative estimate of drug-likeness (QED) is 0.799. The van der Waals surface area contributed by atoms with Crippen LogP contribution in [0.5, 0.6) is 0 Å². The van der Waals surface area contributed by atoms with E-state index in [-0.39, 0.29) is 5.41 Å². The van der Waals surface area contributed by atoms with Gasteiger partial charge in [-0.3, -0.25) is 4.90 Å². The molecule has 3 heteroatoms. The first-order chi connectivity index (χ1) is 7.40. The average molecular weight is 228 g/mol. The first-order valence-corrected chi connectivity index (χ1v) is 6.37. The fourth-order valence-electron chi connectivity index (χ4n) is 2.70. The number of ether oxygens (including phenoxy) is 1. The van der Waals surface area contributed by atoms with Gasteiger partial charge in [-0.2, -0.15) is 0 Å². The topological polar surface area (TPSA) is 38.5 Å². The van der Waals surface area contributed by atoms with E-state index in [9.17, 15) is 0 Å². The first-order valence-electron chi connectivity index (χ1n) is 6.37. The largest absolute Gasteiger partial charge is 0.380 e. The third-order valence-corrected chi connectivity index (χ3v) is 3.89. The molecule has 96 valence electrons. The van der Waals surface area contributed by atoms with Crippen LogP contribution >= 0.6 is 0 Å². The Bertz CT molecular complexity index is 212. The smallest absolute Gasteiger partial charge is 0.0724 e. The van der Waals surface area contributed by atoms with Gasteiger partial charge in [0.05, 0.1) is 6.10 Å². The third-order valence-electron chi connectivity index (χ3n) is 3.89. The number of rotatable bonds is 3. The van der Waals surface area contributed by atoms with Gasteiger partial charge in [-0.15, -0.1) is 0 Å². The van der Waals surface area contributed by atoms with E-state index in [2.05, 4.69) is 32.6 Å². The summed E-state index contributed by atoms with van der Waals surface area (Å²) in [6.07, 6.45) is 1.58. The van der Waals surface area contributed by atoms with E-state index in [1.165, 1.54) is 6.42 Å². The molecule has 3 nitrogen and oxygen atoms in total. The van der Waals surface area contributed by atoms with E-state index < -0.39 is 0 Å². The number of piperidine rings is 1. The normalized spacial score (nSPS) is 30.4. The molecule has 0 bridgehead atoms. The van der Waals surface area contributed by atoms with Gasteiger partial charge in [-0.1, -0.05) is 27.7 Å². The molecule has 0 amide bonds. The van der Waals surface area contributed by atoms with Gasteiger partial charge in [-0.25, -0.2) is 0 Å². The molecule has 0 aromatic heterocycles. The summed E-state index contributed by atoms with van der Waals surface area (Å²) in [5.41, 5.74) is 6.17. The second-order valence-electron chi connectivity index (χ2n) is 6.15. The van der Waals surface area contributed by atoms with Gasteiger partial charge >= 0.3 is 0 Å². The maximum absolute atomic E-state index is 5.93. The molecule has 3 atom stereocenters. The van der Waals surface area contributed by atoms with Crippen molar-refractivity contribution in [2.75, 3.05) is 26.7 Å². The van der Waals surface area contributed by atoms with E-state index in [1.54, 1.807) is 0 Å². The highest BCUT2D eigenvalue weighted by atomic mass is 16.5. The van der Waals surface area contributed by atoms with Crippen molar-refractivity contribution in [1.82, 2.24) is 4.90 Å². The molecule has 1 saturated heterocycles. The van der Waals surface area contributed by atoms with Crippen molar-refractivity contribution in [3.8, 4) is 0 Å².